The standard InChI is InChI=1S/C12H13ClO/c1-10-6-7-12(13)11(9-10)5-3-2-4-8-14/h6-7,9,14H,2,4,8H2,1H3. The van der Waals surface area contributed by atoms with E-state index < -0.39 is 0 Å². The topological polar surface area (TPSA) is 20.2 Å². The van der Waals surface area contributed by atoms with Crippen LogP contribution in [0.3, 0.4) is 0 Å². The molecule has 0 atom stereocenters. The number of hydrogen-bond donors (Lipinski definition) is 1. The first-order chi connectivity index (χ1) is 6.74. The Morgan fingerprint density at radius 2 is 2.21 bits per heavy atom. The molecule has 1 aromatic rings. The molecule has 74 valence electrons. The molecular formula is C12H13ClO. The second-order valence-electron chi connectivity index (χ2n) is 3.11. The van der Waals surface area contributed by atoms with Crippen molar-refractivity contribution in [3.8, 4) is 11.8 Å². The summed E-state index contributed by atoms with van der Waals surface area (Å²) in [6.45, 7) is 2.20. The molecule has 0 radical (unpaired) electrons. The van der Waals surface area contributed by atoms with E-state index in [9.17, 15) is 0 Å². The number of unbranched alkanes of at least 4 members (excludes halogenated alkanes) is 1. The molecule has 0 heterocycles. The molecule has 0 unspecified atom stereocenters. The zero-order valence-electron chi connectivity index (χ0n) is 8.18. The van der Waals surface area contributed by atoms with Crippen molar-refractivity contribution >= 4 is 11.6 Å². The number of aliphatic hydroxyl groups is 1. The molecule has 0 aliphatic rings. The summed E-state index contributed by atoms with van der Waals surface area (Å²) in [6.07, 6.45) is 1.43. The highest BCUT2D eigenvalue weighted by Crippen LogP contribution is 2.15. The molecule has 0 aliphatic carbocycles. The van der Waals surface area contributed by atoms with Gasteiger partial charge in [-0.05, 0) is 31.0 Å². The SMILES string of the molecule is Cc1ccc(Cl)c(C#CCCCO)c1. The monoisotopic (exact) mass is 208 g/mol. The summed E-state index contributed by atoms with van der Waals surface area (Å²) in [7, 11) is 0. The minimum Gasteiger partial charge on any atom is -0.396 e. The summed E-state index contributed by atoms with van der Waals surface area (Å²) in [4.78, 5) is 0. The number of aryl methyl sites for hydroxylation is 1. The highest BCUT2D eigenvalue weighted by atomic mass is 35.5. The van der Waals surface area contributed by atoms with E-state index >= 15 is 0 Å². The summed E-state index contributed by atoms with van der Waals surface area (Å²) >= 11 is 5.96. The second kappa shape index (κ2) is 5.70. The van der Waals surface area contributed by atoms with Crippen LogP contribution in [0, 0.1) is 18.8 Å². The lowest BCUT2D eigenvalue weighted by molar-refractivity contribution is 0.290. The molecule has 0 spiro atoms. The zero-order valence-corrected chi connectivity index (χ0v) is 8.93. The molecule has 0 bridgehead atoms. The largest absolute Gasteiger partial charge is 0.396 e. The molecule has 1 aromatic carbocycles. The lowest BCUT2D eigenvalue weighted by Gasteiger charge is -1.96. The Morgan fingerprint density at radius 1 is 1.43 bits per heavy atom. The third-order valence-electron chi connectivity index (χ3n) is 1.80. The third-order valence-corrected chi connectivity index (χ3v) is 2.13. The molecule has 0 saturated heterocycles. The molecule has 0 saturated carbocycles. The van der Waals surface area contributed by atoms with Gasteiger partial charge < -0.3 is 5.11 Å². The maximum Gasteiger partial charge on any atom is 0.0562 e. The maximum absolute atomic E-state index is 8.57. The van der Waals surface area contributed by atoms with E-state index in [-0.39, 0.29) is 6.61 Å². The fourth-order valence-corrected chi connectivity index (χ4v) is 1.22. The highest BCUT2D eigenvalue weighted by molar-refractivity contribution is 6.31. The van der Waals surface area contributed by atoms with Gasteiger partial charge >= 0.3 is 0 Å². The summed E-state index contributed by atoms with van der Waals surface area (Å²) in [5.74, 6) is 5.97. The van der Waals surface area contributed by atoms with Gasteiger partial charge in [-0.25, -0.2) is 0 Å². The quantitative estimate of drug-likeness (QED) is 0.586. The molecule has 0 aromatic heterocycles. The minimum absolute atomic E-state index is 0.191. The van der Waals surface area contributed by atoms with Gasteiger partial charge in [0, 0.05) is 18.6 Å². The second-order valence-corrected chi connectivity index (χ2v) is 3.52. The van der Waals surface area contributed by atoms with E-state index in [4.69, 9.17) is 16.7 Å². The molecule has 1 nitrogen and oxygen atoms in total. The van der Waals surface area contributed by atoms with Gasteiger partial charge in [0.05, 0.1) is 5.02 Å². The molecule has 14 heavy (non-hydrogen) atoms. The van der Waals surface area contributed by atoms with Crippen LogP contribution in [0.2, 0.25) is 5.02 Å². The molecule has 0 fully saturated rings. The Balaban J connectivity index is 2.73. The fraction of sp³-hybridized carbons (Fsp3) is 0.333. The van der Waals surface area contributed by atoms with Crippen molar-refractivity contribution in [2.45, 2.75) is 19.8 Å². The van der Waals surface area contributed by atoms with Crippen molar-refractivity contribution in [3.05, 3.63) is 34.3 Å². The lowest BCUT2D eigenvalue weighted by atomic mass is 10.1. The van der Waals surface area contributed by atoms with Crippen LogP contribution in [-0.2, 0) is 0 Å². The van der Waals surface area contributed by atoms with Gasteiger partial charge in [-0.2, -0.15) is 0 Å². The third kappa shape index (κ3) is 3.41. The van der Waals surface area contributed by atoms with Crippen molar-refractivity contribution in [1.29, 1.82) is 0 Å². The van der Waals surface area contributed by atoms with Crippen LogP contribution in [0.15, 0.2) is 18.2 Å². The summed E-state index contributed by atoms with van der Waals surface area (Å²) in [5, 5.41) is 9.26. The van der Waals surface area contributed by atoms with Crippen molar-refractivity contribution < 1.29 is 5.11 Å². The minimum atomic E-state index is 0.191. The average molecular weight is 209 g/mol. The molecule has 2 heteroatoms. The lowest BCUT2D eigenvalue weighted by Crippen LogP contribution is -1.81. The van der Waals surface area contributed by atoms with Crippen molar-refractivity contribution in [3.63, 3.8) is 0 Å². The summed E-state index contributed by atoms with van der Waals surface area (Å²) in [5.41, 5.74) is 2.02. The predicted molar refractivity (Wildman–Crippen MR) is 59.4 cm³/mol. The Labute approximate surface area is 89.7 Å². The van der Waals surface area contributed by atoms with E-state index in [1.807, 2.05) is 25.1 Å². The van der Waals surface area contributed by atoms with Crippen LogP contribution in [0.25, 0.3) is 0 Å². The van der Waals surface area contributed by atoms with Gasteiger partial charge in [-0.15, -0.1) is 0 Å². The number of benzene rings is 1. The molecular weight excluding hydrogens is 196 g/mol. The average Bonchev–Trinajstić information content (AvgIpc) is 2.18. The highest BCUT2D eigenvalue weighted by Gasteiger charge is 1.95. The first kappa shape index (κ1) is 11.1. The van der Waals surface area contributed by atoms with Gasteiger partial charge in [0.25, 0.3) is 0 Å². The van der Waals surface area contributed by atoms with Crippen LogP contribution in [0.1, 0.15) is 24.0 Å². The molecule has 0 amide bonds. The summed E-state index contributed by atoms with van der Waals surface area (Å²) in [6, 6.07) is 5.78. The van der Waals surface area contributed by atoms with Gasteiger partial charge in [-0.1, -0.05) is 29.5 Å². The van der Waals surface area contributed by atoms with Gasteiger partial charge in [0.15, 0.2) is 0 Å². The Hall–Kier alpha value is -0.970. The van der Waals surface area contributed by atoms with E-state index in [2.05, 4.69) is 11.8 Å². The zero-order chi connectivity index (χ0) is 10.4. The van der Waals surface area contributed by atoms with Crippen LogP contribution >= 0.6 is 11.6 Å². The smallest absolute Gasteiger partial charge is 0.0562 e. The predicted octanol–water partition coefficient (Wildman–Crippen LogP) is 2.77. The number of aliphatic hydroxyl groups excluding tert-OH is 1. The van der Waals surface area contributed by atoms with E-state index in [0.717, 1.165) is 17.5 Å². The van der Waals surface area contributed by atoms with Gasteiger partial charge in [0.2, 0.25) is 0 Å². The van der Waals surface area contributed by atoms with Crippen LogP contribution < -0.4 is 0 Å². The van der Waals surface area contributed by atoms with Crippen LogP contribution in [0.4, 0.5) is 0 Å². The van der Waals surface area contributed by atoms with Crippen molar-refractivity contribution in [2.75, 3.05) is 6.61 Å². The van der Waals surface area contributed by atoms with Crippen molar-refractivity contribution in [2.24, 2.45) is 0 Å². The number of rotatable bonds is 2. The molecule has 0 aliphatic heterocycles. The fourth-order valence-electron chi connectivity index (χ4n) is 1.06. The summed E-state index contributed by atoms with van der Waals surface area (Å²) < 4.78 is 0. The normalized spacial score (nSPS) is 9.36. The van der Waals surface area contributed by atoms with Gasteiger partial charge in [0.1, 0.15) is 0 Å². The number of halogens is 1. The maximum atomic E-state index is 8.57. The first-order valence-electron chi connectivity index (χ1n) is 4.60. The van der Waals surface area contributed by atoms with E-state index in [1.165, 1.54) is 0 Å². The van der Waals surface area contributed by atoms with E-state index in [0.29, 0.717) is 11.4 Å². The Morgan fingerprint density at radius 3 is 2.93 bits per heavy atom. The number of hydrogen-bond acceptors (Lipinski definition) is 1. The molecule has 1 rings (SSSR count). The first-order valence-corrected chi connectivity index (χ1v) is 4.97. The van der Waals surface area contributed by atoms with Crippen molar-refractivity contribution in [1.82, 2.24) is 0 Å². The van der Waals surface area contributed by atoms with Gasteiger partial charge in [-0.3, -0.25) is 0 Å². The Bertz CT molecular complexity index is 360. The Kier molecular flexibility index (Phi) is 4.52. The molecule has 1 N–H and O–H groups in total. The van der Waals surface area contributed by atoms with E-state index in [1.54, 1.807) is 0 Å². The van der Waals surface area contributed by atoms with Crippen LogP contribution in [-0.4, -0.2) is 11.7 Å². The van der Waals surface area contributed by atoms with Crippen LogP contribution in [0.5, 0.6) is 0 Å².